The molecule has 4 heteroatoms. The maximum atomic E-state index is 8.61. The molecule has 1 heterocycles. The molecule has 0 aromatic carbocycles. The molecule has 1 saturated heterocycles. The second-order valence-electron chi connectivity index (χ2n) is 5.73. The Bertz CT molecular complexity index is 280. The standard InChI is InChI=1S/C13H25N3O/c1-10(8-13(14)15-17)16-7-6-11-4-2-3-5-12(11)9-16/h10-12,17H,2-9H2,1H3,(H2,14,15). The van der Waals surface area contributed by atoms with Crippen LogP contribution in [0, 0.1) is 11.8 Å². The van der Waals surface area contributed by atoms with Gasteiger partial charge in [0.25, 0.3) is 0 Å². The minimum atomic E-state index is 0.350. The fourth-order valence-corrected chi connectivity index (χ4v) is 3.50. The van der Waals surface area contributed by atoms with E-state index in [1.54, 1.807) is 0 Å². The Hall–Kier alpha value is -0.770. The molecule has 2 aliphatic rings. The average molecular weight is 239 g/mol. The summed E-state index contributed by atoms with van der Waals surface area (Å²) >= 11 is 0. The number of hydrogen-bond acceptors (Lipinski definition) is 3. The fourth-order valence-electron chi connectivity index (χ4n) is 3.50. The molecule has 2 rings (SSSR count). The molecule has 0 amide bonds. The van der Waals surface area contributed by atoms with Crippen LogP contribution in [0.5, 0.6) is 0 Å². The number of nitrogens with two attached hydrogens (primary N) is 1. The van der Waals surface area contributed by atoms with Crippen LogP contribution in [-0.4, -0.2) is 35.1 Å². The molecule has 4 nitrogen and oxygen atoms in total. The Balaban J connectivity index is 1.86. The van der Waals surface area contributed by atoms with Gasteiger partial charge in [-0.15, -0.1) is 0 Å². The smallest absolute Gasteiger partial charge is 0.140 e. The summed E-state index contributed by atoms with van der Waals surface area (Å²) in [5.74, 6) is 2.21. The maximum Gasteiger partial charge on any atom is 0.140 e. The van der Waals surface area contributed by atoms with E-state index in [9.17, 15) is 0 Å². The molecule has 98 valence electrons. The van der Waals surface area contributed by atoms with Gasteiger partial charge in [0.05, 0.1) is 0 Å². The van der Waals surface area contributed by atoms with Gasteiger partial charge >= 0.3 is 0 Å². The quantitative estimate of drug-likeness (QED) is 0.343. The summed E-state index contributed by atoms with van der Waals surface area (Å²) in [4.78, 5) is 2.52. The Morgan fingerprint density at radius 2 is 2.06 bits per heavy atom. The van der Waals surface area contributed by atoms with Crippen molar-refractivity contribution in [3.8, 4) is 0 Å². The molecule has 0 spiro atoms. The molecule has 3 unspecified atom stereocenters. The number of hydrogen-bond donors (Lipinski definition) is 2. The number of rotatable bonds is 3. The molecule has 17 heavy (non-hydrogen) atoms. The van der Waals surface area contributed by atoms with Gasteiger partial charge in [0.2, 0.25) is 0 Å². The van der Waals surface area contributed by atoms with Crippen LogP contribution in [0.4, 0.5) is 0 Å². The second kappa shape index (κ2) is 5.71. The van der Waals surface area contributed by atoms with Crippen molar-refractivity contribution >= 4 is 5.84 Å². The summed E-state index contributed by atoms with van der Waals surface area (Å²) in [5.41, 5.74) is 5.59. The maximum absolute atomic E-state index is 8.61. The monoisotopic (exact) mass is 239 g/mol. The molecule has 0 bridgehead atoms. The number of piperidine rings is 1. The Morgan fingerprint density at radius 3 is 2.76 bits per heavy atom. The number of amidine groups is 1. The lowest BCUT2D eigenvalue weighted by molar-refractivity contribution is 0.0635. The van der Waals surface area contributed by atoms with E-state index in [4.69, 9.17) is 10.9 Å². The predicted octanol–water partition coefficient (Wildman–Crippen LogP) is 2.02. The van der Waals surface area contributed by atoms with E-state index in [0.29, 0.717) is 18.3 Å². The van der Waals surface area contributed by atoms with E-state index in [2.05, 4.69) is 17.0 Å². The van der Waals surface area contributed by atoms with Crippen molar-refractivity contribution in [1.82, 2.24) is 4.90 Å². The Kier molecular flexibility index (Phi) is 4.26. The van der Waals surface area contributed by atoms with Crippen LogP contribution in [0.3, 0.4) is 0 Å². The lowest BCUT2D eigenvalue weighted by atomic mass is 9.75. The summed E-state index contributed by atoms with van der Waals surface area (Å²) in [5, 5.41) is 11.7. The zero-order valence-corrected chi connectivity index (χ0v) is 10.8. The largest absolute Gasteiger partial charge is 0.409 e. The van der Waals surface area contributed by atoms with Crippen molar-refractivity contribution in [2.24, 2.45) is 22.7 Å². The number of nitrogens with zero attached hydrogens (tertiary/aromatic N) is 2. The summed E-state index contributed by atoms with van der Waals surface area (Å²) < 4.78 is 0. The summed E-state index contributed by atoms with van der Waals surface area (Å²) in [7, 11) is 0. The minimum Gasteiger partial charge on any atom is -0.409 e. The first-order valence-electron chi connectivity index (χ1n) is 6.91. The zero-order valence-electron chi connectivity index (χ0n) is 10.8. The molecule has 0 aromatic heterocycles. The summed E-state index contributed by atoms with van der Waals surface area (Å²) in [6.45, 7) is 4.58. The third kappa shape index (κ3) is 3.12. The van der Waals surface area contributed by atoms with Gasteiger partial charge in [-0.3, -0.25) is 4.90 Å². The normalized spacial score (nSPS) is 33.1. The molecule has 1 aliphatic carbocycles. The molecule has 3 N–H and O–H groups in total. The first kappa shape index (κ1) is 12.7. The van der Waals surface area contributed by atoms with Gasteiger partial charge in [0.15, 0.2) is 0 Å². The van der Waals surface area contributed by atoms with Crippen molar-refractivity contribution in [2.75, 3.05) is 13.1 Å². The van der Waals surface area contributed by atoms with E-state index in [1.165, 1.54) is 45.2 Å². The Morgan fingerprint density at radius 1 is 1.35 bits per heavy atom. The molecule has 0 aromatic rings. The van der Waals surface area contributed by atoms with Crippen LogP contribution >= 0.6 is 0 Å². The van der Waals surface area contributed by atoms with Crippen molar-refractivity contribution in [2.45, 2.75) is 51.5 Å². The summed E-state index contributed by atoms with van der Waals surface area (Å²) in [6.07, 6.45) is 7.69. The average Bonchev–Trinajstić information content (AvgIpc) is 2.38. The van der Waals surface area contributed by atoms with Crippen molar-refractivity contribution in [3.63, 3.8) is 0 Å². The third-order valence-electron chi connectivity index (χ3n) is 4.58. The molecule has 1 saturated carbocycles. The van der Waals surface area contributed by atoms with E-state index in [-0.39, 0.29) is 0 Å². The first-order chi connectivity index (χ1) is 8.20. The highest BCUT2D eigenvalue weighted by molar-refractivity contribution is 5.80. The molecule has 0 radical (unpaired) electrons. The molecule has 2 fully saturated rings. The van der Waals surface area contributed by atoms with Crippen molar-refractivity contribution in [1.29, 1.82) is 0 Å². The molecular weight excluding hydrogens is 214 g/mol. The van der Waals surface area contributed by atoms with Crippen LogP contribution in [0.2, 0.25) is 0 Å². The van der Waals surface area contributed by atoms with Gasteiger partial charge in [-0.25, -0.2) is 0 Å². The van der Waals surface area contributed by atoms with E-state index in [1.807, 2.05) is 0 Å². The predicted molar refractivity (Wildman–Crippen MR) is 69.1 cm³/mol. The highest BCUT2D eigenvalue weighted by atomic mass is 16.4. The van der Waals surface area contributed by atoms with Gasteiger partial charge in [0, 0.05) is 19.0 Å². The van der Waals surface area contributed by atoms with E-state index in [0.717, 1.165) is 11.8 Å². The third-order valence-corrected chi connectivity index (χ3v) is 4.58. The minimum absolute atomic E-state index is 0.350. The van der Waals surface area contributed by atoms with E-state index >= 15 is 0 Å². The van der Waals surface area contributed by atoms with Gasteiger partial charge in [-0.2, -0.15) is 0 Å². The number of likely N-dealkylation sites (tertiary alicyclic amines) is 1. The summed E-state index contributed by atoms with van der Waals surface area (Å²) in [6, 6.07) is 0.397. The highest BCUT2D eigenvalue weighted by Gasteiger charge is 2.32. The lowest BCUT2D eigenvalue weighted by Crippen LogP contribution is -2.46. The SMILES string of the molecule is CC(CC(N)=NO)N1CCC2CCCCC2C1. The number of oxime groups is 1. The van der Waals surface area contributed by atoms with Crippen LogP contribution in [0.15, 0.2) is 5.16 Å². The first-order valence-corrected chi connectivity index (χ1v) is 6.91. The highest BCUT2D eigenvalue weighted by Crippen LogP contribution is 2.36. The van der Waals surface area contributed by atoms with Gasteiger partial charge in [-0.05, 0) is 38.1 Å². The van der Waals surface area contributed by atoms with Crippen molar-refractivity contribution in [3.05, 3.63) is 0 Å². The second-order valence-corrected chi connectivity index (χ2v) is 5.73. The van der Waals surface area contributed by atoms with Crippen molar-refractivity contribution < 1.29 is 5.21 Å². The molecular formula is C13H25N3O. The van der Waals surface area contributed by atoms with Crippen LogP contribution in [0.1, 0.15) is 45.4 Å². The van der Waals surface area contributed by atoms with E-state index < -0.39 is 0 Å². The van der Waals surface area contributed by atoms with Gasteiger partial charge in [-0.1, -0.05) is 24.4 Å². The fraction of sp³-hybridized carbons (Fsp3) is 0.923. The molecule has 3 atom stereocenters. The Labute approximate surface area is 104 Å². The lowest BCUT2D eigenvalue weighted by Gasteiger charge is -2.43. The topological polar surface area (TPSA) is 61.9 Å². The van der Waals surface area contributed by atoms with Crippen LogP contribution in [-0.2, 0) is 0 Å². The zero-order chi connectivity index (χ0) is 12.3. The van der Waals surface area contributed by atoms with Crippen LogP contribution in [0.25, 0.3) is 0 Å². The van der Waals surface area contributed by atoms with Gasteiger partial charge in [0.1, 0.15) is 5.84 Å². The van der Waals surface area contributed by atoms with Gasteiger partial charge < -0.3 is 10.9 Å². The van der Waals surface area contributed by atoms with Crippen LogP contribution < -0.4 is 5.73 Å². The molecule has 1 aliphatic heterocycles. The number of fused-ring (bicyclic) bond motifs is 1.